The number of aromatic nitrogens is 2. The van der Waals surface area contributed by atoms with Crippen LogP contribution in [-0.4, -0.2) is 41.4 Å². The molecule has 1 aromatic heterocycles. The number of hydrogen-bond acceptors (Lipinski definition) is 5. The third-order valence-corrected chi connectivity index (χ3v) is 6.98. The SMILES string of the molecule is Cc1nc(N2CCC3(CC2)CO[C@@H](C)[C@H]3N)cc(=O)n1-c1cccc(Cl)c1Cl. The lowest BCUT2D eigenvalue weighted by Crippen LogP contribution is -2.51. The summed E-state index contributed by atoms with van der Waals surface area (Å²) >= 11 is 12.4. The molecule has 0 saturated carbocycles. The molecule has 6 nitrogen and oxygen atoms in total. The minimum Gasteiger partial charge on any atom is -0.376 e. The van der Waals surface area contributed by atoms with Crippen LogP contribution in [0.15, 0.2) is 29.1 Å². The molecule has 4 rings (SSSR count). The number of benzene rings is 1. The second-order valence-electron chi connectivity index (χ2n) is 7.80. The molecule has 0 bridgehead atoms. The van der Waals surface area contributed by atoms with Gasteiger partial charge < -0.3 is 15.4 Å². The van der Waals surface area contributed by atoms with Crippen molar-refractivity contribution in [3.05, 3.63) is 50.5 Å². The summed E-state index contributed by atoms with van der Waals surface area (Å²) in [6, 6.07) is 6.84. The van der Waals surface area contributed by atoms with E-state index in [4.69, 9.17) is 33.7 Å². The largest absolute Gasteiger partial charge is 0.376 e. The summed E-state index contributed by atoms with van der Waals surface area (Å²) in [4.78, 5) is 19.7. The van der Waals surface area contributed by atoms with Gasteiger partial charge in [-0.15, -0.1) is 0 Å². The molecule has 1 spiro atoms. The highest BCUT2D eigenvalue weighted by atomic mass is 35.5. The molecule has 2 fully saturated rings. The minimum atomic E-state index is -0.179. The van der Waals surface area contributed by atoms with Crippen LogP contribution in [0.25, 0.3) is 5.69 Å². The number of nitrogens with zero attached hydrogens (tertiary/aromatic N) is 3. The Morgan fingerprint density at radius 2 is 2.00 bits per heavy atom. The maximum absolute atomic E-state index is 12.9. The molecule has 150 valence electrons. The number of hydrogen-bond donors (Lipinski definition) is 1. The maximum Gasteiger partial charge on any atom is 0.260 e. The Labute approximate surface area is 174 Å². The second-order valence-corrected chi connectivity index (χ2v) is 8.58. The molecule has 2 atom stereocenters. The molecule has 0 aliphatic carbocycles. The van der Waals surface area contributed by atoms with Crippen molar-refractivity contribution < 1.29 is 4.74 Å². The topological polar surface area (TPSA) is 73.4 Å². The number of piperidine rings is 1. The van der Waals surface area contributed by atoms with Crippen LogP contribution in [0.5, 0.6) is 0 Å². The molecule has 1 aromatic carbocycles. The molecule has 8 heteroatoms. The Morgan fingerprint density at radius 3 is 2.61 bits per heavy atom. The van der Waals surface area contributed by atoms with Crippen LogP contribution in [0.2, 0.25) is 10.0 Å². The first-order valence-electron chi connectivity index (χ1n) is 9.50. The van der Waals surface area contributed by atoms with Crippen LogP contribution in [-0.2, 0) is 4.74 Å². The zero-order valence-corrected chi connectivity index (χ0v) is 17.5. The predicted octanol–water partition coefficient (Wildman–Crippen LogP) is 3.18. The molecule has 2 aromatic rings. The lowest BCUT2D eigenvalue weighted by molar-refractivity contribution is 0.0974. The summed E-state index contributed by atoms with van der Waals surface area (Å²) in [7, 11) is 0. The summed E-state index contributed by atoms with van der Waals surface area (Å²) < 4.78 is 7.28. The van der Waals surface area contributed by atoms with Crippen molar-refractivity contribution in [1.82, 2.24) is 9.55 Å². The van der Waals surface area contributed by atoms with E-state index >= 15 is 0 Å². The maximum atomic E-state index is 12.9. The Morgan fingerprint density at radius 1 is 1.29 bits per heavy atom. The first kappa shape index (κ1) is 19.7. The van der Waals surface area contributed by atoms with E-state index in [1.165, 1.54) is 4.57 Å². The van der Waals surface area contributed by atoms with Gasteiger partial charge in [0.1, 0.15) is 11.6 Å². The zero-order chi connectivity index (χ0) is 20.1. The van der Waals surface area contributed by atoms with Crippen LogP contribution in [0.4, 0.5) is 5.82 Å². The fourth-order valence-electron chi connectivity index (χ4n) is 4.36. The molecule has 2 aliphatic heterocycles. The fourth-order valence-corrected chi connectivity index (χ4v) is 4.74. The van der Waals surface area contributed by atoms with E-state index < -0.39 is 0 Å². The van der Waals surface area contributed by atoms with Gasteiger partial charge in [0.2, 0.25) is 0 Å². The summed E-state index contributed by atoms with van der Waals surface area (Å²) in [5, 5.41) is 0.744. The number of anilines is 1. The van der Waals surface area contributed by atoms with Crippen molar-refractivity contribution in [3.63, 3.8) is 0 Å². The van der Waals surface area contributed by atoms with Crippen LogP contribution in [0.1, 0.15) is 25.6 Å². The minimum absolute atomic E-state index is 0.0360. The highest BCUT2D eigenvalue weighted by molar-refractivity contribution is 6.43. The van der Waals surface area contributed by atoms with Gasteiger partial charge in [-0.05, 0) is 38.8 Å². The average Bonchev–Trinajstić information content (AvgIpc) is 2.94. The van der Waals surface area contributed by atoms with Crippen LogP contribution in [0, 0.1) is 12.3 Å². The van der Waals surface area contributed by atoms with Crippen molar-refractivity contribution in [3.8, 4) is 5.69 Å². The van der Waals surface area contributed by atoms with E-state index in [-0.39, 0.29) is 23.1 Å². The van der Waals surface area contributed by atoms with Gasteiger partial charge in [-0.3, -0.25) is 9.36 Å². The Bertz CT molecular complexity index is 954. The summed E-state index contributed by atoms with van der Waals surface area (Å²) in [6.45, 7) is 6.16. The second kappa shape index (κ2) is 7.34. The number of ether oxygens (including phenoxy) is 1. The number of aryl methyl sites for hydroxylation is 1. The molecule has 0 radical (unpaired) electrons. The molecular weight excluding hydrogens is 399 g/mol. The van der Waals surface area contributed by atoms with Gasteiger partial charge in [0, 0.05) is 30.6 Å². The number of rotatable bonds is 2. The van der Waals surface area contributed by atoms with Gasteiger partial charge in [0.25, 0.3) is 5.56 Å². The number of halogens is 2. The van der Waals surface area contributed by atoms with Crippen molar-refractivity contribution in [2.24, 2.45) is 11.1 Å². The first-order valence-corrected chi connectivity index (χ1v) is 10.3. The van der Waals surface area contributed by atoms with E-state index in [0.717, 1.165) is 25.9 Å². The van der Waals surface area contributed by atoms with Crippen molar-refractivity contribution in [1.29, 1.82) is 0 Å². The van der Waals surface area contributed by atoms with E-state index in [9.17, 15) is 4.79 Å². The normalized spacial score (nSPS) is 24.1. The lowest BCUT2D eigenvalue weighted by Gasteiger charge is -2.41. The van der Waals surface area contributed by atoms with Gasteiger partial charge in [-0.1, -0.05) is 29.3 Å². The predicted molar refractivity (Wildman–Crippen MR) is 112 cm³/mol. The van der Waals surface area contributed by atoms with Crippen molar-refractivity contribution in [2.75, 3.05) is 24.6 Å². The third kappa shape index (κ3) is 3.22. The summed E-state index contributed by atoms with van der Waals surface area (Å²) in [6.07, 6.45) is 1.96. The molecule has 0 unspecified atom stereocenters. The van der Waals surface area contributed by atoms with Crippen LogP contribution in [0.3, 0.4) is 0 Å². The molecule has 2 N–H and O–H groups in total. The smallest absolute Gasteiger partial charge is 0.260 e. The summed E-state index contributed by atoms with van der Waals surface area (Å²) in [5.41, 5.74) is 6.79. The first-order chi connectivity index (χ1) is 13.3. The number of nitrogens with two attached hydrogens (primary N) is 1. The highest BCUT2D eigenvalue weighted by Crippen LogP contribution is 2.41. The van der Waals surface area contributed by atoms with E-state index in [0.29, 0.717) is 34.0 Å². The Hall–Kier alpha value is -1.60. The molecule has 2 saturated heterocycles. The zero-order valence-electron chi connectivity index (χ0n) is 16.0. The highest BCUT2D eigenvalue weighted by Gasteiger charge is 2.47. The monoisotopic (exact) mass is 422 g/mol. The van der Waals surface area contributed by atoms with E-state index in [2.05, 4.69) is 9.88 Å². The van der Waals surface area contributed by atoms with Gasteiger partial charge in [0.05, 0.1) is 28.4 Å². The van der Waals surface area contributed by atoms with Crippen LogP contribution >= 0.6 is 23.2 Å². The summed E-state index contributed by atoms with van der Waals surface area (Å²) in [5.74, 6) is 1.26. The molecule has 28 heavy (non-hydrogen) atoms. The van der Waals surface area contributed by atoms with Crippen molar-refractivity contribution in [2.45, 2.75) is 38.8 Å². The average molecular weight is 423 g/mol. The quantitative estimate of drug-likeness (QED) is 0.804. The Balaban J connectivity index is 1.60. The van der Waals surface area contributed by atoms with Crippen LogP contribution < -0.4 is 16.2 Å². The Kier molecular flexibility index (Phi) is 5.16. The van der Waals surface area contributed by atoms with E-state index in [1.807, 2.05) is 6.92 Å². The van der Waals surface area contributed by atoms with E-state index in [1.54, 1.807) is 31.2 Å². The molecular formula is C20H24Cl2N4O2. The van der Waals surface area contributed by atoms with Gasteiger partial charge in [-0.25, -0.2) is 4.98 Å². The standard InChI is InChI=1S/C20H24Cl2N4O2/c1-12-19(23)20(11-28-12)6-8-25(9-7-20)16-10-17(27)26(13(2)24-16)15-5-3-4-14(21)18(15)22/h3-5,10,12,19H,6-9,11,23H2,1-2H3/t12-,19+/m0/s1. The molecule has 2 aliphatic rings. The van der Waals surface area contributed by atoms with Crippen molar-refractivity contribution >= 4 is 29.0 Å². The molecule has 0 amide bonds. The van der Waals surface area contributed by atoms with Gasteiger partial charge in [-0.2, -0.15) is 0 Å². The lowest BCUT2D eigenvalue weighted by atomic mass is 9.73. The van der Waals surface area contributed by atoms with Gasteiger partial charge >= 0.3 is 0 Å². The van der Waals surface area contributed by atoms with Gasteiger partial charge in [0.15, 0.2) is 0 Å². The fraction of sp³-hybridized carbons (Fsp3) is 0.500. The third-order valence-electron chi connectivity index (χ3n) is 6.17. The molecule has 3 heterocycles.